The molecule has 1 rings (SSSR count). The zero-order valence-corrected chi connectivity index (χ0v) is 13.8. The third kappa shape index (κ3) is 8.61. The number of nitrogens with zero attached hydrogens (tertiary/aromatic N) is 1. The molecule has 1 unspecified atom stereocenters. The summed E-state index contributed by atoms with van der Waals surface area (Å²) in [6, 6.07) is 0. The lowest BCUT2D eigenvalue weighted by Gasteiger charge is -2.36. The molecular weight excluding hydrogens is 238 g/mol. The molecule has 0 aliphatic carbocycles. The van der Waals surface area contributed by atoms with Gasteiger partial charge in [0.05, 0.1) is 19.3 Å². The molecule has 0 aromatic rings. The summed E-state index contributed by atoms with van der Waals surface area (Å²) < 4.78 is 11.6. The van der Waals surface area contributed by atoms with Crippen molar-refractivity contribution in [1.82, 2.24) is 4.90 Å². The molecule has 1 fully saturated rings. The molecule has 3 nitrogen and oxygen atoms in total. The van der Waals surface area contributed by atoms with Crippen LogP contribution in [0, 0.1) is 10.8 Å². The van der Waals surface area contributed by atoms with Crippen LogP contribution in [0.5, 0.6) is 0 Å². The van der Waals surface area contributed by atoms with E-state index in [0.717, 1.165) is 45.9 Å². The molecular formula is C16H33NO2. The Kier molecular flexibility index (Phi) is 6.28. The van der Waals surface area contributed by atoms with E-state index in [2.05, 4.69) is 46.4 Å². The minimum absolute atomic E-state index is 0.246. The monoisotopic (exact) mass is 271 g/mol. The second-order valence-corrected chi connectivity index (χ2v) is 8.17. The number of hydrogen-bond acceptors (Lipinski definition) is 3. The maximum absolute atomic E-state index is 5.79. The standard InChI is InChI=1S/C16H33NO2/c1-15(2,3)7-9-18-12-14-11-17(8-10-19-14)13-16(4,5)6/h14H,7-13H2,1-6H3. The summed E-state index contributed by atoms with van der Waals surface area (Å²) in [6.45, 7) is 19.2. The van der Waals surface area contributed by atoms with Crippen LogP contribution in [0.15, 0.2) is 0 Å². The average Bonchev–Trinajstić information content (AvgIpc) is 2.21. The zero-order valence-electron chi connectivity index (χ0n) is 13.8. The molecule has 0 N–H and O–H groups in total. The van der Waals surface area contributed by atoms with E-state index in [0.29, 0.717) is 10.8 Å². The maximum Gasteiger partial charge on any atom is 0.0935 e. The highest BCUT2D eigenvalue weighted by Crippen LogP contribution is 2.19. The Bertz CT molecular complexity index is 252. The molecule has 1 aliphatic heterocycles. The first kappa shape index (κ1) is 16.9. The maximum atomic E-state index is 5.79. The van der Waals surface area contributed by atoms with Crippen molar-refractivity contribution in [2.45, 2.75) is 54.1 Å². The summed E-state index contributed by atoms with van der Waals surface area (Å²) in [6.07, 6.45) is 1.35. The summed E-state index contributed by atoms with van der Waals surface area (Å²) >= 11 is 0. The summed E-state index contributed by atoms with van der Waals surface area (Å²) in [4.78, 5) is 2.50. The van der Waals surface area contributed by atoms with Gasteiger partial charge in [0, 0.05) is 26.2 Å². The van der Waals surface area contributed by atoms with Crippen molar-refractivity contribution in [2.75, 3.05) is 39.5 Å². The first-order chi connectivity index (χ1) is 8.66. The van der Waals surface area contributed by atoms with Gasteiger partial charge in [-0.15, -0.1) is 0 Å². The number of ether oxygens (including phenoxy) is 2. The molecule has 1 aliphatic rings. The van der Waals surface area contributed by atoms with Crippen molar-refractivity contribution < 1.29 is 9.47 Å². The van der Waals surface area contributed by atoms with Gasteiger partial charge in [0.1, 0.15) is 0 Å². The summed E-state index contributed by atoms with van der Waals surface area (Å²) in [5.74, 6) is 0. The van der Waals surface area contributed by atoms with Crippen LogP contribution in [0.2, 0.25) is 0 Å². The fraction of sp³-hybridized carbons (Fsp3) is 1.00. The predicted molar refractivity (Wildman–Crippen MR) is 80.5 cm³/mol. The van der Waals surface area contributed by atoms with Crippen molar-refractivity contribution in [1.29, 1.82) is 0 Å². The second-order valence-electron chi connectivity index (χ2n) is 8.17. The molecule has 0 spiro atoms. The van der Waals surface area contributed by atoms with Crippen molar-refractivity contribution in [3.8, 4) is 0 Å². The highest BCUT2D eigenvalue weighted by molar-refractivity contribution is 4.76. The first-order valence-corrected chi connectivity index (χ1v) is 7.57. The Morgan fingerprint density at radius 2 is 1.79 bits per heavy atom. The lowest BCUT2D eigenvalue weighted by atomic mass is 9.93. The van der Waals surface area contributed by atoms with Crippen LogP contribution in [0.3, 0.4) is 0 Å². The van der Waals surface area contributed by atoms with Crippen molar-refractivity contribution in [3.05, 3.63) is 0 Å². The van der Waals surface area contributed by atoms with E-state index in [1.807, 2.05) is 0 Å². The van der Waals surface area contributed by atoms with E-state index in [4.69, 9.17) is 9.47 Å². The van der Waals surface area contributed by atoms with Gasteiger partial charge in [-0.1, -0.05) is 41.5 Å². The number of hydrogen-bond donors (Lipinski definition) is 0. The predicted octanol–water partition coefficient (Wildman–Crippen LogP) is 3.19. The van der Waals surface area contributed by atoms with Crippen LogP contribution >= 0.6 is 0 Å². The van der Waals surface area contributed by atoms with Gasteiger partial charge in [-0.3, -0.25) is 4.90 Å². The summed E-state index contributed by atoms with van der Waals surface area (Å²) in [5, 5.41) is 0. The quantitative estimate of drug-likeness (QED) is 0.717. The minimum Gasteiger partial charge on any atom is -0.379 e. The van der Waals surface area contributed by atoms with Gasteiger partial charge in [0.25, 0.3) is 0 Å². The molecule has 1 atom stereocenters. The van der Waals surface area contributed by atoms with Crippen LogP contribution in [-0.2, 0) is 9.47 Å². The molecule has 0 aromatic heterocycles. The molecule has 0 aromatic carbocycles. The van der Waals surface area contributed by atoms with Crippen molar-refractivity contribution in [3.63, 3.8) is 0 Å². The summed E-state index contributed by atoms with van der Waals surface area (Å²) in [7, 11) is 0. The SMILES string of the molecule is CC(C)(C)CCOCC1CN(CC(C)(C)C)CCO1. The Morgan fingerprint density at radius 1 is 1.11 bits per heavy atom. The van der Waals surface area contributed by atoms with Crippen LogP contribution in [0.25, 0.3) is 0 Å². The van der Waals surface area contributed by atoms with E-state index >= 15 is 0 Å². The molecule has 0 saturated carbocycles. The Hall–Kier alpha value is -0.120. The van der Waals surface area contributed by atoms with Gasteiger partial charge < -0.3 is 9.47 Å². The first-order valence-electron chi connectivity index (χ1n) is 7.57. The van der Waals surface area contributed by atoms with Gasteiger partial charge in [0.15, 0.2) is 0 Å². The third-order valence-corrected chi connectivity index (χ3v) is 3.22. The van der Waals surface area contributed by atoms with E-state index in [1.54, 1.807) is 0 Å². The average molecular weight is 271 g/mol. The molecule has 19 heavy (non-hydrogen) atoms. The normalized spacial score (nSPS) is 22.7. The van der Waals surface area contributed by atoms with E-state index in [-0.39, 0.29) is 6.10 Å². The molecule has 1 heterocycles. The fourth-order valence-corrected chi connectivity index (χ4v) is 2.29. The van der Waals surface area contributed by atoms with Gasteiger partial charge in [-0.2, -0.15) is 0 Å². The van der Waals surface area contributed by atoms with Crippen LogP contribution < -0.4 is 0 Å². The Balaban J connectivity index is 2.20. The van der Waals surface area contributed by atoms with Crippen LogP contribution in [-0.4, -0.2) is 50.5 Å². The van der Waals surface area contributed by atoms with Gasteiger partial charge in [-0.25, -0.2) is 0 Å². The topological polar surface area (TPSA) is 21.7 Å². The largest absolute Gasteiger partial charge is 0.379 e. The van der Waals surface area contributed by atoms with Gasteiger partial charge in [0.2, 0.25) is 0 Å². The van der Waals surface area contributed by atoms with Crippen LogP contribution in [0.1, 0.15) is 48.0 Å². The Morgan fingerprint density at radius 3 is 2.37 bits per heavy atom. The minimum atomic E-state index is 0.246. The van der Waals surface area contributed by atoms with Crippen molar-refractivity contribution in [2.24, 2.45) is 10.8 Å². The molecule has 0 radical (unpaired) electrons. The van der Waals surface area contributed by atoms with Crippen molar-refractivity contribution >= 4 is 0 Å². The van der Waals surface area contributed by atoms with E-state index in [9.17, 15) is 0 Å². The molecule has 3 heteroatoms. The van der Waals surface area contributed by atoms with E-state index < -0.39 is 0 Å². The zero-order chi connectivity index (χ0) is 14.5. The molecule has 0 amide bonds. The highest BCUT2D eigenvalue weighted by atomic mass is 16.5. The second kappa shape index (κ2) is 7.05. The molecule has 114 valence electrons. The van der Waals surface area contributed by atoms with Gasteiger partial charge >= 0.3 is 0 Å². The van der Waals surface area contributed by atoms with Crippen LogP contribution in [0.4, 0.5) is 0 Å². The smallest absolute Gasteiger partial charge is 0.0935 e. The lowest BCUT2D eigenvalue weighted by molar-refractivity contribution is -0.0764. The number of morpholine rings is 1. The van der Waals surface area contributed by atoms with Gasteiger partial charge in [-0.05, 0) is 17.3 Å². The highest BCUT2D eigenvalue weighted by Gasteiger charge is 2.24. The summed E-state index contributed by atoms with van der Waals surface area (Å²) in [5.41, 5.74) is 0.709. The lowest BCUT2D eigenvalue weighted by Crippen LogP contribution is -2.47. The number of rotatable bonds is 5. The fourth-order valence-electron chi connectivity index (χ4n) is 2.29. The van der Waals surface area contributed by atoms with E-state index in [1.165, 1.54) is 0 Å². The Labute approximate surface area is 119 Å². The molecule has 1 saturated heterocycles. The third-order valence-electron chi connectivity index (χ3n) is 3.22. The molecule has 0 bridgehead atoms.